The van der Waals surface area contributed by atoms with Crippen molar-refractivity contribution in [2.45, 2.75) is 45.0 Å². The first-order valence-corrected chi connectivity index (χ1v) is 7.37. The lowest BCUT2D eigenvalue weighted by Crippen LogP contribution is -2.29. The highest BCUT2D eigenvalue weighted by atomic mass is 19.1. The minimum Gasteiger partial charge on any atom is -0.462 e. The number of hydrogen-bond donors (Lipinski definition) is 1. The van der Waals surface area contributed by atoms with Gasteiger partial charge < -0.3 is 9.52 Å². The predicted octanol–water partition coefficient (Wildman–Crippen LogP) is 3.64. The summed E-state index contributed by atoms with van der Waals surface area (Å²) in [4.78, 5) is 2.28. The van der Waals surface area contributed by atoms with Gasteiger partial charge in [-0.2, -0.15) is 0 Å². The summed E-state index contributed by atoms with van der Waals surface area (Å²) >= 11 is 0. The molecule has 1 aromatic carbocycles. The molecular formula is C17H20FNO2. The van der Waals surface area contributed by atoms with E-state index in [1.54, 1.807) is 12.1 Å². The summed E-state index contributed by atoms with van der Waals surface area (Å²) in [6.45, 7) is 2.58. The van der Waals surface area contributed by atoms with E-state index in [1.165, 1.54) is 6.07 Å². The van der Waals surface area contributed by atoms with Gasteiger partial charge in [0.25, 0.3) is 0 Å². The average Bonchev–Trinajstić information content (AvgIpc) is 3.23. The average molecular weight is 289 g/mol. The van der Waals surface area contributed by atoms with E-state index in [2.05, 4.69) is 4.90 Å². The molecule has 21 heavy (non-hydrogen) atoms. The van der Waals surface area contributed by atoms with E-state index in [0.29, 0.717) is 18.3 Å². The second kappa shape index (κ2) is 6.00. The summed E-state index contributed by atoms with van der Waals surface area (Å²) in [5, 5.41) is 9.07. The fourth-order valence-electron chi connectivity index (χ4n) is 2.75. The number of hydrogen-bond acceptors (Lipinski definition) is 3. The Morgan fingerprint density at radius 3 is 2.57 bits per heavy atom. The van der Waals surface area contributed by atoms with Gasteiger partial charge in [0, 0.05) is 17.6 Å². The fraction of sp³-hybridized carbons (Fsp3) is 0.412. The molecule has 1 heterocycles. The molecular weight excluding hydrogens is 269 g/mol. The van der Waals surface area contributed by atoms with Crippen LogP contribution in [0.5, 0.6) is 0 Å². The summed E-state index contributed by atoms with van der Waals surface area (Å²) in [7, 11) is 0. The topological polar surface area (TPSA) is 36.6 Å². The molecule has 0 saturated heterocycles. The first kappa shape index (κ1) is 14.3. The molecule has 0 spiro atoms. The molecule has 1 N–H and O–H groups in total. The molecule has 1 aliphatic carbocycles. The predicted molar refractivity (Wildman–Crippen MR) is 78.0 cm³/mol. The Labute approximate surface area is 124 Å². The quantitative estimate of drug-likeness (QED) is 0.882. The van der Waals surface area contributed by atoms with Crippen LogP contribution in [0.15, 0.2) is 40.8 Å². The van der Waals surface area contributed by atoms with E-state index in [4.69, 9.17) is 9.52 Å². The van der Waals surface area contributed by atoms with Crippen molar-refractivity contribution < 1.29 is 13.9 Å². The molecule has 1 aliphatic rings. The number of benzene rings is 1. The second-order valence-electron chi connectivity index (χ2n) is 5.63. The van der Waals surface area contributed by atoms with Gasteiger partial charge in [0.1, 0.15) is 23.9 Å². The van der Waals surface area contributed by atoms with Crippen molar-refractivity contribution in [3.05, 3.63) is 59.3 Å². The van der Waals surface area contributed by atoms with Gasteiger partial charge in [-0.1, -0.05) is 18.2 Å². The Hall–Kier alpha value is -1.65. The van der Waals surface area contributed by atoms with Gasteiger partial charge in [-0.25, -0.2) is 4.39 Å². The number of furan rings is 1. The van der Waals surface area contributed by atoms with Crippen molar-refractivity contribution in [2.24, 2.45) is 0 Å². The molecule has 1 unspecified atom stereocenters. The van der Waals surface area contributed by atoms with E-state index >= 15 is 0 Å². The van der Waals surface area contributed by atoms with Crippen LogP contribution in [0.2, 0.25) is 0 Å². The van der Waals surface area contributed by atoms with Gasteiger partial charge in [-0.05, 0) is 38.0 Å². The SMILES string of the molecule is CC(c1ccccc1F)N(Cc1ccc(CO)o1)C1CC1. The minimum atomic E-state index is -0.161. The van der Waals surface area contributed by atoms with Crippen LogP contribution < -0.4 is 0 Å². The van der Waals surface area contributed by atoms with Crippen molar-refractivity contribution in [1.82, 2.24) is 4.90 Å². The van der Waals surface area contributed by atoms with Crippen molar-refractivity contribution >= 4 is 0 Å². The Kier molecular flexibility index (Phi) is 4.08. The number of halogens is 1. The Morgan fingerprint density at radius 2 is 1.95 bits per heavy atom. The maximum Gasteiger partial charge on any atom is 0.129 e. The zero-order chi connectivity index (χ0) is 14.8. The van der Waals surface area contributed by atoms with Crippen molar-refractivity contribution in [1.29, 1.82) is 0 Å². The highest BCUT2D eigenvalue weighted by Gasteiger charge is 2.34. The number of rotatable bonds is 6. The van der Waals surface area contributed by atoms with E-state index in [-0.39, 0.29) is 18.5 Å². The highest BCUT2D eigenvalue weighted by molar-refractivity contribution is 5.21. The van der Waals surface area contributed by atoms with Crippen molar-refractivity contribution in [3.63, 3.8) is 0 Å². The van der Waals surface area contributed by atoms with E-state index in [0.717, 1.165) is 24.2 Å². The zero-order valence-corrected chi connectivity index (χ0v) is 12.1. The van der Waals surface area contributed by atoms with E-state index < -0.39 is 0 Å². The van der Waals surface area contributed by atoms with Gasteiger partial charge in [-0.15, -0.1) is 0 Å². The zero-order valence-electron chi connectivity index (χ0n) is 12.1. The van der Waals surface area contributed by atoms with E-state index in [1.807, 2.05) is 25.1 Å². The third-order valence-electron chi connectivity index (χ3n) is 4.08. The van der Waals surface area contributed by atoms with Crippen LogP contribution in [0.1, 0.15) is 42.9 Å². The normalized spacial score (nSPS) is 16.4. The Balaban J connectivity index is 1.79. The van der Waals surface area contributed by atoms with Gasteiger partial charge in [0.05, 0.1) is 6.54 Å². The van der Waals surface area contributed by atoms with Crippen LogP contribution in [-0.4, -0.2) is 16.0 Å². The smallest absolute Gasteiger partial charge is 0.129 e. The van der Waals surface area contributed by atoms with E-state index in [9.17, 15) is 4.39 Å². The third kappa shape index (κ3) is 3.17. The lowest BCUT2D eigenvalue weighted by atomic mass is 10.1. The first-order chi connectivity index (χ1) is 10.2. The Morgan fingerprint density at radius 1 is 1.24 bits per heavy atom. The largest absolute Gasteiger partial charge is 0.462 e. The molecule has 3 rings (SSSR count). The molecule has 1 atom stereocenters. The van der Waals surface area contributed by atoms with Gasteiger partial charge in [-0.3, -0.25) is 4.90 Å². The maximum atomic E-state index is 14.0. The summed E-state index contributed by atoms with van der Waals surface area (Å²) in [6.07, 6.45) is 2.29. The molecule has 4 heteroatoms. The van der Waals surface area contributed by atoms with Crippen molar-refractivity contribution in [3.8, 4) is 0 Å². The van der Waals surface area contributed by atoms with Gasteiger partial charge in [0.15, 0.2) is 0 Å². The summed E-state index contributed by atoms with van der Waals surface area (Å²) < 4.78 is 19.6. The fourth-order valence-corrected chi connectivity index (χ4v) is 2.75. The first-order valence-electron chi connectivity index (χ1n) is 7.37. The standard InChI is InChI=1S/C17H20FNO2/c1-12(16-4-2-3-5-17(16)18)19(13-6-7-13)10-14-8-9-15(11-20)21-14/h2-5,8-9,12-13,20H,6-7,10-11H2,1H3. The maximum absolute atomic E-state index is 14.0. The van der Waals surface area contributed by atoms with Crippen molar-refractivity contribution in [2.75, 3.05) is 0 Å². The molecule has 112 valence electrons. The van der Waals surface area contributed by atoms with Gasteiger partial charge >= 0.3 is 0 Å². The number of aliphatic hydroxyl groups is 1. The summed E-state index contributed by atoms with van der Waals surface area (Å²) in [6, 6.07) is 11.1. The molecule has 0 radical (unpaired) electrons. The third-order valence-corrected chi connectivity index (χ3v) is 4.08. The molecule has 1 saturated carbocycles. The van der Waals surface area contributed by atoms with Crippen LogP contribution in [0.3, 0.4) is 0 Å². The molecule has 2 aromatic rings. The lowest BCUT2D eigenvalue weighted by Gasteiger charge is -2.29. The van der Waals surface area contributed by atoms with Crippen LogP contribution in [0.25, 0.3) is 0 Å². The molecule has 0 amide bonds. The number of aliphatic hydroxyl groups excluding tert-OH is 1. The van der Waals surface area contributed by atoms with Gasteiger partial charge in [0.2, 0.25) is 0 Å². The molecule has 3 nitrogen and oxygen atoms in total. The van der Waals surface area contributed by atoms with Crippen LogP contribution in [0, 0.1) is 5.82 Å². The Bertz CT molecular complexity index is 606. The summed E-state index contributed by atoms with van der Waals surface area (Å²) in [5.41, 5.74) is 0.721. The monoisotopic (exact) mass is 289 g/mol. The van der Waals surface area contributed by atoms with Crippen LogP contribution >= 0.6 is 0 Å². The summed E-state index contributed by atoms with van der Waals surface area (Å²) in [5.74, 6) is 1.22. The molecule has 1 fully saturated rings. The van der Waals surface area contributed by atoms with Crippen LogP contribution in [0.4, 0.5) is 4.39 Å². The number of nitrogens with zero attached hydrogens (tertiary/aromatic N) is 1. The molecule has 1 aromatic heterocycles. The molecule has 0 aliphatic heterocycles. The lowest BCUT2D eigenvalue weighted by molar-refractivity contribution is 0.167. The second-order valence-corrected chi connectivity index (χ2v) is 5.63. The molecule has 0 bridgehead atoms. The van der Waals surface area contributed by atoms with Crippen LogP contribution in [-0.2, 0) is 13.2 Å². The highest BCUT2D eigenvalue weighted by Crippen LogP contribution is 2.36. The minimum absolute atomic E-state index is 0.00127.